The molecule has 3 aromatic rings. The predicted molar refractivity (Wildman–Crippen MR) is 130 cm³/mol. The van der Waals surface area contributed by atoms with Gasteiger partial charge in [-0.25, -0.2) is 9.50 Å². The number of aliphatic hydroxyl groups is 1. The van der Waals surface area contributed by atoms with Crippen molar-refractivity contribution in [2.24, 2.45) is 0 Å². The fourth-order valence-electron chi connectivity index (χ4n) is 3.61. The zero-order valence-corrected chi connectivity index (χ0v) is 20.9. The quantitative estimate of drug-likeness (QED) is 0.270. The Kier molecular flexibility index (Phi) is 10.8. The van der Waals surface area contributed by atoms with E-state index in [4.69, 9.17) is 19.9 Å². The molecule has 12 nitrogen and oxygen atoms in total. The van der Waals surface area contributed by atoms with Crippen LogP contribution >= 0.6 is 0 Å². The number of rotatable bonds is 17. The van der Waals surface area contributed by atoms with Crippen molar-refractivity contribution >= 4 is 11.3 Å². The minimum atomic E-state index is -0.928. The molecule has 3 atom stereocenters. The van der Waals surface area contributed by atoms with Crippen LogP contribution in [0.4, 0.5) is 5.82 Å². The van der Waals surface area contributed by atoms with E-state index in [1.54, 1.807) is 16.6 Å². The number of unbranched alkanes of at least 4 members (excludes halogenated alkanes) is 3. The van der Waals surface area contributed by atoms with E-state index in [0.29, 0.717) is 42.8 Å². The second kappa shape index (κ2) is 14.0. The van der Waals surface area contributed by atoms with Crippen LogP contribution in [0.5, 0.6) is 0 Å². The van der Waals surface area contributed by atoms with Gasteiger partial charge < -0.3 is 25.1 Å². The lowest BCUT2D eigenvalue weighted by atomic mass is 10.1. The van der Waals surface area contributed by atoms with Crippen LogP contribution in [0.15, 0.2) is 18.5 Å². The summed E-state index contributed by atoms with van der Waals surface area (Å²) < 4.78 is 21.3. The lowest BCUT2D eigenvalue weighted by Gasteiger charge is -2.30. The van der Waals surface area contributed by atoms with Crippen molar-refractivity contribution < 1.29 is 19.3 Å². The van der Waals surface area contributed by atoms with E-state index in [1.807, 2.05) is 0 Å². The van der Waals surface area contributed by atoms with E-state index < -0.39 is 18.3 Å². The van der Waals surface area contributed by atoms with Crippen molar-refractivity contribution in [3.05, 3.63) is 24.3 Å². The summed E-state index contributed by atoms with van der Waals surface area (Å²) in [5, 5.41) is 27.8. The van der Waals surface area contributed by atoms with Crippen LogP contribution in [0.25, 0.3) is 11.3 Å². The summed E-state index contributed by atoms with van der Waals surface area (Å²) in [6.45, 7) is 7.91. The van der Waals surface area contributed by atoms with Gasteiger partial charge in [-0.1, -0.05) is 40.0 Å². The maximum Gasteiger partial charge on any atom is 0.189 e. The third-order valence-electron chi connectivity index (χ3n) is 5.64. The number of hydrogen-bond donors (Lipinski definition) is 2. The second-order valence-corrected chi connectivity index (χ2v) is 8.41. The fraction of sp³-hybridized carbons (Fsp3) is 0.696. The van der Waals surface area contributed by atoms with E-state index in [0.717, 1.165) is 38.5 Å². The molecule has 0 fully saturated rings. The average molecular weight is 491 g/mol. The maximum absolute atomic E-state index is 11.1. The minimum absolute atomic E-state index is 0.129. The molecule has 0 aliphatic carbocycles. The summed E-state index contributed by atoms with van der Waals surface area (Å²) >= 11 is 0. The molecule has 0 bridgehead atoms. The Morgan fingerprint density at radius 1 is 1.00 bits per heavy atom. The highest BCUT2D eigenvalue weighted by Gasteiger charge is 2.36. The Labute approximate surface area is 205 Å². The number of hydrogen-bond acceptors (Lipinski definition) is 10. The van der Waals surface area contributed by atoms with Crippen LogP contribution in [-0.2, 0) is 14.2 Å². The summed E-state index contributed by atoms with van der Waals surface area (Å²) in [4.78, 5) is 4.04. The van der Waals surface area contributed by atoms with Gasteiger partial charge in [0.1, 0.15) is 30.2 Å². The van der Waals surface area contributed by atoms with Gasteiger partial charge in [-0.2, -0.15) is 9.78 Å². The van der Waals surface area contributed by atoms with Crippen molar-refractivity contribution in [2.45, 2.75) is 77.6 Å². The first-order chi connectivity index (χ1) is 17.1. The van der Waals surface area contributed by atoms with Crippen LogP contribution in [0.2, 0.25) is 0 Å². The Morgan fingerprint density at radius 3 is 2.46 bits per heavy atom. The van der Waals surface area contributed by atoms with Gasteiger partial charge in [0.25, 0.3) is 0 Å². The van der Waals surface area contributed by atoms with E-state index in [9.17, 15) is 5.11 Å². The summed E-state index contributed by atoms with van der Waals surface area (Å²) in [6.07, 6.45) is 4.55. The Bertz CT molecular complexity index is 1010. The molecule has 0 unspecified atom stereocenters. The van der Waals surface area contributed by atoms with Gasteiger partial charge in [0.05, 0.1) is 6.61 Å². The first kappa shape index (κ1) is 26.9. The number of aromatic nitrogens is 7. The average Bonchev–Trinajstić information content (AvgIpc) is 3.50. The molecule has 0 amide bonds. The SMILES string of the molecule is CCCCOC[C@@H](O)[C@@H](OCCCC)[C@@H](OCCCC)c1nnnn1-c1ccc2c(N)ncnn12. The van der Waals surface area contributed by atoms with Crippen molar-refractivity contribution in [3.8, 4) is 5.82 Å². The lowest BCUT2D eigenvalue weighted by molar-refractivity contribution is -0.143. The lowest BCUT2D eigenvalue weighted by Crippen LogP contribution is -2.40. The Morgan fingerprint density at radius 2 is 1.71 bits per heavy atom. The second-order valence-electron chi connectivity index (χ2n) is 8.41. The van der Waals surface area contributed by atoms with Gasteiger partial charge in [-0.05, 0) is 41.8 Å². The third-order valence-corrected chi connectivity index (χ3v) is 5.64. The summed E-state index contributed by atoms with van der Waals surface area (Å²) in [5.41, 5.74) is 6.63. The van der Waals surface area contributed by atoms with E-state index in [2.05, 4.69) is 46.4 Å². The van der Waals surface area contributed by atoms with Gasteiger partial charge in [0.2, 0.25) is 0 Å². The number of fused-ring (bicyclic) bond motifs is 1. The van der Waals surface area contributed by atoms with Crippen LogP contribution in [0, 0.1) is 0 Å². The number of aliphatic hydroxyl groups excluding tert-OH is 1. The van der Waals surface area contributed by atoms with Crippen LogP contribution < -0.4 is 5.73 Å². The molecule has 35 heavy (non-hydrogen) atoms. The molecule has 0 aliphatic rings. The van der Waals surface area contributed by atoms with Gasteiger partial charge in [-0.15, -0.1) is 5.10 Å². The molecular weight excluding hydrogens is 452 g/mol. The largest absolute Gasteiger partial charge is 0.388 e. The molecule has 0 saturated heterocycles. The van der Waals surface area contributed by atoms with Crippen molar-refractivity contribution in [1.82, 2.24) is 34.8 Å². The van der Waals surface area contributed by atoms with Gasteiger partial charge in [-0.3, -0.25) is 0 Å². The molecule has 3 N–H and O–H groups in total. The number of nitrogens with zero attached hydrogens (tertiary/aromatic N) is 7. The van der Waals surface area contributed by atoms with Crippen LogP contribution in [0.1, 0.15) is 71.2 Å². The Hall–Kier alpha value is -2.67. The highest BCUT2D eigenvalue weighted by atomic mass is 16.6. The van der Waals surface area contributed by atoms with Crippen molar-refractivity contribution in [1.29, 1.82) is 0 Å². The first-order valence-electron chi connectivity index (χ1n) is 12.5. The zero-order chi connectivity index (χ0) is 25.0. The third kappa shape index (κ3) is 6.94. The molecule has 0 aliphatic heterocycles. The van der Waals surface area contributed by atoms with Crippen LogP contribution in [0.3, 0.4) is 0 Å². The zero-order valence-electron chi connectivity index (χ0n) is 20.9. The summed E-state index contributed by atoms with van der Waals surface area (Å²) in [5.74, 6) is 1.31. The summed E-state index contributed by atoms with van der Waals surface area (Å²) in [6, 6.07) is 3.61. The summed E-state index contributed by atoms with van der Waals surface area (Å²) in [7, 11) is 0. The number of nitrogen functional groups attached to an aromatic ring is 1. The molecule has 0 spiro atoms. The van der Waals surface area contributed by atoms with Crippen molar-refractivity contribution in [3.63, 3.8) is 0 Å². The molecule has 0 aromatic carbocycles. The maximum atomic E-state index is 11.1. The van der Waals surface area contributed by atoms with E-state index in [-0.39, 0.29) is 6.61 Å². The van der Waals surface area contributed by atoms with Gasteiger partial charge >= 0.3 is 0 Å². The Balaban J connectivity index is 1.95. The van der Waals surface area contributed by atoms with Gasteiger partial charge in [0, 0.05) is 19.8 Å². The fourth-order valence-corrected chi connectivity index (χ4v) is 3.61. The first-order valence-corrected chi connectivity index (χ1v) is 12.5. The molecular formula is C23H38N8O4. The van der Waals surface area contributed by atoms with E-state index >= 15 is 0 Å². The molecule has 194 valence electrons. The number of ether oxygens (including phenoxy) is 3. The predicted octanol–water partition coefficient (Wildman–Crippen LogP) is 2.51. The van der Waals surface area contributed by atoms with E-state index in [1.165, 1.54) is 11.0 Å². The molecule has 3 aromatic heterocycles. The van der Waals surface area contributed by atoms with Crippen LogP contribution in [-0.4, -0.2) is 78.5 Å². The number of anilines is 1. The molecule has 0 radical (unpaired) electrons. The normalized spacial score (nSPS) is 14.4. The number of nitrogens with two attached hydrogens (primary N) is 1. The topological polar surface area (TPSA) is 148 Å². The van der Waals surface area contributed by atoms with Gasteiger partial charge in [0.15, 0.2) is 17.5 Å². The highest BCUT2D eigenvalue weighted by Crippen LogP contribution is 2.28. The molecule has 0 saturated carbocycles. The highest BCUT2D eigenvalue weighted by molar-refractivity contribution is 5.67. The molecule has 3 rings (SSSR count). The standard InChI is InChI=1S/C23H38N8O4/c1-4-7-12-33-15-18(32)20(34-13-8-5-2)21(35-14-9-6-3)23-27-28-29-31(23)19-11-10-17-22(24)25-16-26-30(17)19/h10-11,16,18,20-21,32H,4-9,12-15H2,1-3H3,(H2,24,25,26)/t18-,20-,21-/m1/s1. The monoisotopic (exact) mass is 490 g/mol. The molecule has 12 heteroatoms. The minimum Gasteiger partial charge on any atom is -0.388 e. The smallest absolute Gasteiger partial charge is 0.189 e. The van der Waals surface area contributed by atoms with Crippen molar-refractivity contribution in [2.75, 3.05) is 32.2 Å². The number of tetrazole rings is 1. The molecule has 3 heterocycles.